The van der Waals surface area contributed by atoms with E-state index >= 15 is 0 Å². The number of morpholine rings is 1. The minimum atomic E-state index is -0.549. The van der Waals surface area contributed by atoms with E-state index in [-0.39, 0.29) is 18.1 Å². The van der Waals surface area contributed by atoms with Crippen LogP contribution in [0, 0.1) is 5.41 Å². The Hall–Kier alpha value is -0.680. The van der Waals surface area contributed by atoms with Gasteiger partial charge in [-0.1, -0.05) is 18.6 Å². The number of carbonyl (C=O) groups is 1. The summed E-state index contributed by atoms with van der Waals surface area (Å²) < 4.78 is 5.63. The van der Waals surface area contributed by atoms with Gasteiger partial charge in [-0.05, 0) is 26.7 Å². The summed E-state index contributed by atoms with van der Waals surface area (Å²) in [7, 11) is 0. The Balaban J connectivity index is 2.11. The highest BCUT2D eigenvalue weighted by molar-refractivity contribution is 7.80. The number of hydrogen-bond acceptors (Lipinski definition) is 3. The first kappa shape index (κ1) is 12.8. The third kappa shape index (κ3) is 2.18. The van der Waals surface area contributed by atoms with E-state index in [0.29, 0.717) is 18.1 Å². The minimum Gasteiger partial charge on any atom is -0.392 e. The fourth-order valence-electron chi connectivity index (χ4n) is 2.74. The van der Waals surface area contributed by atoms with Crippen LogP contribution in [0.1, 0.15) is 33.1 Å². The van der Waals surface area contributed by atoms with Crippen molar-refractivity contribution in [1.82, 2.24) is 4.90 Å². The molecule has 0 unspecified atom stereocenters. The van der Waals surface area contributed by atoms with Crippen molar-refractivity contribution in [3.05, 3.63) is 0 Å². The Morgan fingerprint density at radius 2 is 1.88 bits per heavy atom. The number of rotatable bonds is 2. The molecule has 5 heteroatoms. The largest absolute Gasteiger partial charge is 0.392 e. The number of nitrogens with zero attached hydrogens (tertiary/aromatic N) is 1. The summed E-state index contributed by atoms with van der Waals surface area (Å²) in [4.78, 5) is 14.8. The molecule has 0 bridgehead atoms. The molecule has 2 N–H and O–H groups in total. The molecule has 2 rings (SSSR count). The highest BCUT2D eigenvalue weighted by atomic mass is 32.1. The van der Waals surface area contributed by atoms with E-state index in [1.807, 2.05) is 18.7 Å². The van der Waals surface area contributed by atoms with Gasteiger partial charge in [0.05, 0.1) is 22.6 Å². The molecule has 1 aliphatic heterocycles. The van der Waals surface area contributed by atoms with Gasteiger partial charge in [0.2, 0.25) is 5.91 Å². The summed E-state index contributed by atoms with van der Waals surface area (Å²) in [5.74, 6) is 0.109. The maximum absolute atomic E-state index is 12.5. The topological polar surface area (TPSA) is 55.6 Å². The first-order valence-corrected chi connectivity index (χ1v) is 6.61. The lowest BCUT2D eigenvalue weighted by Gasteiger charge is -2.45. The highest BCUT2D eigenvalue weighted by Gasteiger charge is 2.49. The smallest absolute Gasteiger partial charge is 0.235 e. The molecule has 1 aliphatic carbocycles. The molecule has 96 valence electrons. The summed E-state index contributed by atoms with van der Waals surface area (Å²) in [5, 5.41) is 0. The zero-order chi connectivity index (χ0) is 12.6. The predicted molar refractivity (Wildman–Crippen MR) is 69.7 cm³/mol. The van der Waals surface area contributed by atoms with Gasteiger partial charge in [0, 0.05) is 13.1 Å². The van der Waals surface area contributed by atoms with E-state index in [2.05, 4.69) is 0 Å². The number of nitrogens with two attached hydrogens (primary N) is 1. The molecule has 2 fully saturated rings. The molecule has 1 saturated carbocycles. The SMILES string of the molecule is C[C@@H]1CN(C(=O)C2(C(N)=S)CCC2)C[C@H](C)O1. The third-order valence-corrected chi connectivity index (χ3v) is 4.19. The van der Waals surface area contributed by atoms with Gasteiger partial charge < -0.3 is 15.4 Å². The Labute approximate surface area is 107 Å². The first-order valence-electron chi connectivity index (χ1n) is 6.20. The van der Waals surface area contributed by atoms with E-state index in [9.17, 15) is 4.79 Å². The van der Waals surface area contributed by atoms with E-state index in [1.165, 1.54) is 0 Å². The van der Waals surface area contributed by atoms with E-state index in [1.54, 1.807) is 0 Å². The van der Waals surface area contributed by atoms with Gasteiger partial charge in [0.25, 0.3) is 0 Å². The summed E-state index contributed by atoms with van der Waals surface area (Å²) in [6, 6.07) is 0. The maximum Gasteiger partial charge on any atom is 0.235 e. The summed E-state index contributed by atoms with van der Waals surface area (Å²) >= 11 is 5.08. The van der Waals surface area contributed by atoms with Crippen LogP contribution < -0.4 is 5.73 Å². The van der Waals surface area contributed by atoms with Gasteiger partial charge >= 0.3 is 0 Å². The van der Waals surface area contributed by atoms with Crippen molar-refractivity contribution < 1.29 is 9.53 Å². The molecular weight excluding hydrogens is 236 g/mol. The summed E-state index contributed by atoms with van der Waals surface area (Å²) in [5.41, 5.74) is 5.21. The number of carbonyl (C=O) groups excluding carboxylic acids is 1. The Kier molecular flexibility index (Phi) is 3.41. The number of hydrogen-bond donors (Lipinski definition) is 1. The molecule has 0 aromatic carbocycles. The zero-order valence-electron chi connectivity index (χ0n) is 10.4. The molecule has 4 nitrogen and oxygen atoms in total. The lowest BCUT2D eigenvalue weighted by Crippen LogP contribution is -2.58. The number of thiocarbonyl (C=S) groups is 1. The van der Waals surface area contributed by atoms with Crippen LogP contribution in [0.2, 0.25) is 0 Å². The van der Waals surface area contributed by atoms with Crippen molar-refractivity contribution in [3.63, 3.8) is 0 Å². The van der Waals surface area contributed by atoms with Gasteiger partial charge in [-0.3, -0.25) is 4.79 Å². The first-order chi connectivity index (χ1) is 7.95. The monoisotopic (exact) mass is 256 g/mol. The van der Waals surface area contributed by atoms with Crippen molar-refractivity contribution in [2.24, 2.45) is 11.1 Å². The van der Waals surface area contributed by atoms with Crippen LogP contribution in [0.15, 0.2) is 0 Å². The van der Waals surface area contributed by atoms with Crippen LogP contribution in [-0.2, 0) is 9.53 Å². The molecule has 2 aliphatic rings. The molecule has 1 amide bonds. The van der Waals surface area contributed by atoms with Crippen LogP contribution in [0.3, 0.4) is 0 Å². The van der Waals surface area contributed by atoms with Crippen molar-refractivity contribution in [2.45, 2.75) is 45.3 Å². The normalized spacial score (nSPS) is 31.8. The van der Waals surface area contributed by atoms with Crippen LogP contribution in [0.5, 0.6) is 0 Å². The van der Waals surface area contributed by atoms with Gasteiger partial charge in [-0.25, -0.2) is 0 Å². The van der Waals surface area contributed by atoms with Gasteiger partial charge in [0.1, 0.15) is 0 Å². The molecule has 0 radical (unpaired) electrons. The predicted octanol–water partition coefficient (Wildman–Crippen LogP) is 1.08. The van der Waals surface area contributed by atoms with Crippen molar-refractivity contribution in [1.29, 1.82) is 0 Å². The second-order valence-corrected chi connectivity index (χ2v) is 5.71. The fourth-order valence-corrected chi connectivity index (χ4v) is 3.03. The lowest BCUT2D eigenvalue weighted by molar-refractivity contribution is -0.153. The summed E-state index contributed by atoms with van der Waals surface area (Å²) in [6.07, 6.45) is 2.83. The molecule has 1 heterocycles. The van der Waals surface area contributed by atoms with Crippen molar-refractivity contribution >= 4 is 23.1 Å². The molecule has 0 spiro atoms. The number of amides is 1. The summed E-state index contributed by atoms with van der Waals surface area (Å²) in [6.45, 7) is 5.27. The van der Waals surface area contributed by atoms with E-state index in [0.717, 1.165) is 19.3 Å². The lowest BCUT2D eigenvalue weighted by atomic mass is 9.67. The highest BCUT2D eigenvalue weighted by Crippen LogP contribution is 2.43. The Bertz CT molecular complexity index is 331. The fraction of sp³-hybridized carbons (Fsp3) is 0.833. The average molecular weight is 256 g/mol. The average Bonchev–Trinajstić information content (AvgIpc) is 2.13. The van der Waals surface area contributed by atoms with Crippen LogP contribution in [0.25, 0.3) is 0 Å². The van der Waals surface area contributed by atoms with Crippen LogP contribution >= 0.6 is 12.2 Å². The van der Waals surface area contributed by atoms with Gasteiger partial charge in [-0.2, -0.15) is 0 Å². The second kappa shape index (κ2) is 4.53. The molecular formula is C12H20N2O2S. The van der Waals surface area contributed by atoms with Crippen molar-refractivity contribution in [3.8, 4) is 0 Å². The van der Waals surface area contributed by atoms with E-state index < -0.39 is 5.41 Å². The molecule has 0 aromatic heterocycles. The maximum atomic E-state index is 12.5. The van der Waals surface area contributed by atoms with Crippen LogP contribution in [-0.4, -0.2) is 41.1 Å². The zero-order valence-corrected chi connectivity index (χ0v) is 11.3. The minimum absolute atomic E-state index is 0.0890. The molecule has 0 aromatic rings. The molecule has 2 atom stereocenters. The Morgan fingerprint density at radius 1 is 1.35 bits per heavy atom. The molecule has 17 heavy (non-hydrogen) atoms. The third-order valence-electron chi connectivity index (χ3n) is 3.79. The number of ether oxygens (including phenoxy) is 1. The van der Waals surface area contributed by atoms with Crippen molar-refractivity contribution in [2.75, 3.05) is 13.1 Å². The molecule has 1 saturated heterocycles. The quantitative estimate of drug-likeness (QED) is 0.751. The second-order valence-electron chi connectivity index (χ2n) is 5.27. The van der Waals surface area contributed by atoms with Crippen LogP contribution in [0.4, 0.5) is 0 Å². The Morgan fingerprint density at radius 3 is 2.24 bits per heavy atom. The standard InChI is InChI=1S/C12H20N2O2S/c1-8-6-14(7-9(2)16-8)11(15)12(10(13)17)4-3-5-12/h8-9H,3-7H2,1-2H3,(H2,13,17)/t8-,9+. The van der Waals surface area contributed by atoms with Gasteiger partial charge in [-0.15, -0.1) is 0 Å². The van der Waals surface area contributed by atoms with E-state index in [4.69, 9.17) is 22.7 Å². The van der Waals surface area contributed by atoms with Gasteiger partial charge in [0.15, 0.2) is 0 Å².